The molecule has 0 bridgehead atoms. The van der Waals surface area contributed by atoms with Gasteiger partial charge in [-0.25, -0.2) is 0 Å². The maximum Gasteiger partial charge on any atom is 0.422 e. The number of nitrogens with one attached hydrogen (secondary N) is 2. The summed E-state index contributed by atoms with van der Waals surface area (Å²) >= 11 is 0. The number of allylic oxidation sites excluding steroid dienone is 1. The van der Waals surface area contributed by atoms with E-state index in [1.165, 1.54) is 12.1 Å². The summed E-state index contributed by atoms with van der Waals surface area (Å²) in [6.07, 6.45) is -3.41. The van der Waals surface area contributed by atoms with Crippen LogP contribution in [0.5, 0.6) is 5.75 Å². The number of nitrogens with two attached hydrogens (primary N) is 1. The summed E-state index contributed by atoms with van der Waals surface area (Å²) in [6, 6.07) is 5.35. The minimum atomic E-state index is -4.54. The van der Waals surface area contributed by atoms with E-state index in [9.17, 15) is 18.0 Å². The number of rotatable bonds is 6. The van der Waals surface area contributed by atoms with Crippen LogP contribution in [0.3, 0.4) is 0 Å². The molecule has 0 aliphatic heterocycles. The Hall–Kier alpha value is -3.62. The lowest BCUT2D eigenvalue weighted by atomic mass is 10.1. The van der Waals surface area contributed by atoms with Gasteiger partial charge in [0.2, 0.25) is 11.7 Å². The SMILES string of the molecule is N#CC(=CNc1cc(C(N)=O)ccc1OCC(F)(F)F)c1nn[nH]n1. The summed E-state index contributed by atoms with van der Waals surface area (Å²) in [5.41, 5.74) is 5.12. The standard InChI is InChI=1S/C13H10F3N7O2/c14-13(15,16)6-25-10-2-1-7(11(18)24)3-9(10)19-5-8(4-17)12-20-22-23-21-12/h1-3,5,19H,6H2,(H2,18,24)(H,20,21,22,23). The van der Waals surface area contributed by atoms with Crippen LogP contribution in [0.1, 0.15) is 16.2 Å². The number of benzene rings is 1. The molecule has 0 unspecified atom stereocenters. The Morgan fingerprint density at radius 3 is 2.80 bits per heavy atom. The van der Waals surface area contributed by atoms with Gasteiger partial charge in [-0.05, 0) is 23.4 Å². The number of tetrazole rings is 1. The largest absolute Gasteiger partial charge is 0.482 e. The number of aromatic nitrogens is 4. The average Bonchev–Trinajstić information content (AvgIpc) is 3.07. The van der Waals surface area contributed by atoms with E-state index in [4.69, 9.17) is 15.7 Å². The van der Waals surface area contributed by atoms with Crippen LogP contribution >= 0.6 is 0 Å². The number of halogens is 3. The molecule has 25 heavy (non-hydrogen) atoms. The van der Waals surface area contributed by atoms with Gasteiger partial charge in [-0.2, -0.15) is 23.6 Å². The zero-order chi connectivity index (χ0) is 18.4. The summed E-state index contributed by atoms with van der Waals surface area (Å²) < 4.78 is 41.7. The lowest BCUT2D eigenvalue weighted by Crippen LogP contribution is -2.20. The fraction of sp³-hybridized carbons (Fsp3) is 0.154. The van der Waals surface area contributed by atoms with Gasteiger partial charge in [0, 0.05) is 11.8 Å². The van der Waals surface area contributed by atoms with Gasteiger partial charge < -0.3 is 15.8 Å². The molecule has 1 amide bonds. The molecule has 0 radical (unpaired) electrons. The van der Waals surface area contributed by atoms with E-state index in [1.807, 2.05) is 0 Å². The van der Waals surface area contributed by atoms with E-state index in [0.717, 1.165) is 12.3 Å². The van der Waals surface area contributed by atoms with Crippen LogP contribution in [0.25, 0.3) is 5.57 Å². The Balaban J connectivity index is 2.31. The third-order valence-corrected chi connectivity index (χ3v) is 2.73. The Morgan fingerprint density at radius 2 is 2.24 bits per heavy atom. The molecule has 9 nitrogen and oxygen atoms in total. The summed E-state index contributed by atoms with van der Waals surface area (Å²) in [5.74, 6) is -1.00. The number of H-pyrrole nitrogens is 1. The van der Waals surface area contributed by atoms with Gasteiger partial charge in [0.1, 0.15) is 17.4 Å². The molecule has 2 rings (SSSR count). The van der Waals surface area contributed by atoms with Crippen molar-refractivity contribution in [3.8, 4) is 11.8 Å². The number of amides is 1. The lowest BCUT2D eigenvalue weighted by molar-refractivity contribution is -0.153. The second-order valence-electron chi connectivity index (χ2n) is 4.53. The highest BCUT2D eigenvalue weighted by Crippen LogP contribution is 2.28. The molecule has 0 atom stereocenters. The summed E-state index contributed by atoms with van der Waals surface area (Å²) in [5, 5.41) is 24.3. The summed E-state index contributed by atoms with van der Waals surface area (Å²) in [7, 11) is 0. The maximum absolute atomic E-state index is 12.3. The van der Waals surface area contributed by atoms with Crippen molar-refractivity contribution in [1.29, 1.82) is 5.26 Å². The van der Waals surface area contributed by atoms with Gasteiger partial charge in [0.05, 0.1) is 5.69 Å². The Kier molecular flexibility index (Phi) is 5.18. The van der Waals surface area contributed by atoms with Gasteiger partial charge in [0.15, 0.2) is 6.61 Å². The Labute approximate surface area is 138 Å². The first kappa shape index (κ1) is 17.7. The Morgan fingerprint density at radius 1 is 1.48 bits per heavy atom. The van der Waals surface area contributed by atoms with Crippen LogP contribution in [-0.4, -0.2) is 39.3 Å². The van der Waals surface area contributed by atoms with Crippen LogP contribution in [0.2, 0.25) is 0 Å². The number of hydrogen-bond acceptors (Lipinski definition) is 7. The van der Waals surface area contributed by atoms with Crippen LogP contribution in [-0.2, 0) is 0 Å². The van der Waals surface area contributed by atoms with Crippen molar-refractivity contribution in [2.24, 2.45) is 5.73 Å². The number of ether oxygens (including phenoxy) is 1. The molecule has 1 aromatic carbocycles. The number of hydrogen-bond donors (Lipinski definition) is 3. The second kappa shape index (κ2) is 7.30. The van der Waals surface area contributed by atoms with Gasteiger partial charge in [0.25, 0.3) is 0 Å². The minimum Gasteiger partial charge on any atom is -0.482 e. The molecule has 0 spiro atoms. The minimum absolute atomic E-state index is 0.00297. The number of aromatic amines is 1. The van der Waals surface area contributed by atoms with Crippen molar-refractivity contribution >= 4 is 17.2 Å². The van der Waals surface area contributed by atoms with E-state index < -0.39 is 18.7 Å². The first-order valence-electron chi connectivity index (χ1n) is 6.54. The molecule has 130 valence electrons. The second-order valence-corrected chi connectivity index (χ2v) is 4.53. The number of alkyl halides is 3. The number of carbonyl (C=O) groups is 1. The van der Waals surface area contributed by atoms with E-state index in [0.29, 0.717) is 0 Å². The van der Waals surface area contributed by atoms with Crippen LogP contribution < -0.4 is 15.8 Å². The first-order valence-corrected chi connectivity index (χ1v) is 6.54. The van der Waals surface area contributed by atoms with Crippen molar-refractivity contribution in [1.82, 2.24) is 20.6 Å². The van der Waals surface area contributed by atoms with Crippen LogP contribution in [0.4, 0.5) is 18.9 Å². The van der Waals surface area contributed by atoms with E-state index in [2.05, 4.69) is 25.9 Å². The van der Waals surface area contributed by atoms with Crippen molar-refractivity contribution in [2.45, 2.75) is 6.18 Å². The zero-order valence-corrected chi connectivity index (χ0v) is 12.3. The molecular formula is C13H10F3N7O2. The topological polar surface area (TPSA) is 143 Å². The van der Waals surface area contributed by atoms with E-state index in [1.54, 1.807) is 6.07 Å². The molecule has 0 fully saturated rings. The average molecular weight is 353 g/mol. The number of nitrogens with zero attached hydrogens (tertiary/aromatic N) is 4. The van der Waals surface area contributed by atoms with Gasteiger partial charge in [-0.3, -0.25) is 4.79 Å². The highest BCUT2D eigenvalue weighted by molar-refractivity contribution is 5.94. The summed E-state index contributed by atoms with van der Waals surface area (Å²) in [6.45, 7) is -1.53. The molecule has 1 aromatic heterocycles. The van der Waals surface area contributed by atoms with Crippen molar-refractivity contribution in [3.63, 3.8) is 0 Å². The molecule has 4 N–H and O–H groups in total. The Bertz CT molecular complexity index is 825. The maximum atomic E-state index is 12.3. The van der Waals surface area contributed by atoms with E-state index >= 15 is 0 Å². The van der Waals surface area contributed by atoms with E-state index in [-0.39, 0.29) is 28.4 Å². The third-order valence-electron chi connectivity index (χ3n) is 2.73. The smallest absolute Gasteiger partial charge is 0.422 e. The molecule has 1 heterocycles. The molecule has 12 heteroatoms. The molecular weight excluding hydrogens is 343 g/mol. The highest BCUT2D eigenvalue weighted by atomic mass is 19.4. The third kappa shape index (κ3) is 4.93. The predicted molar refractivity (Wildman–Crippen MR) is 77.9 cm³/mol. The fourth-order valence-corrected chi connectivity index (χ4v) is 1.65. The van der Waals surface area contributed by atoms with Gasteiger partial charge in [-0.1, -0.05) is 0 Å². The molecule has 0 aliphatic carbocycles. The number of anilines is 1. The van der Waals surface area contributed by atoms with Crippen LogP contribution in [0.15, 0.2) is 24.4 Å². The van der Waals surface area contributed by atoms with Crippen molar-refractivity contribution in [3.05, 3.63) is 35.8 Å². The predicted octanol–water partition coefficient (Wildman–Crippen LogP) is 1.22. The normalized spacial score (nSPS) is 11.7. The monoisotopic (exact) mass is 353 g/mol. The van der Waals surface area contributed by atoms with Crippen molar-refractivity contribution < 1.29 is 22.7 Å². The number of primary amides is 1. The molecule has 0 saturated heterocycles. The molecule has 0 saturated carbocycles. The molecule has 2 aromatic rings. The van der Waals surface area contributed by atoms with Crippen LogP contribution in [0, 0.1) is 11.3 Å². The van der Waals surface area contributed by atoms with Crippen molar-refractivity contribution in [2.75, 3.05) is 11.9 Å². The zero-order valence-electron chi connectivity index (χ0n) is 12.3. The number of carbonyl (C=O) groups excluding carboxylic acids is 1. The first-order chi connectivity index (χ1) is 11.8. The number of nitriles is 1. The van der Waals surface area contributed by atoms with Gasteiger partial charge >= 0.3 is 6.18 Å². The molecule has 0 aliphatic rings. The lowest BCUT2D eigenvalue weighted by Gasteiger charge is -2.14. The summed E-state index contributed by atoms with van der Waals surface area (Å²) in [4.78, 5) is 11.2. The highest BCUT2D eigenvalue weighted by Gasteiger charge is 2.29. The quantitative estimate of drug-likeness (QED) is 0.662. The fourth-order valence-electron chi connectivity index (χ4n) is 1.65. The van der Waals surface area contributed by atoms with Gasteiger partial charge in [-0.15, -0.1) is 10.2 Å².